The second-order valence-electron chi connectivity index (χ2n) is 6.28. The molecular formula is C17H25FN2O2. The number of carbonyl (C=O) groups excluding carboxylic acids is 1. The van der Waals surface area contributed by atoms with Crippen LogP contribution in [0.3, 0.4) is 0 Å². The van der Waals surface area contributed by atoms with Crippen molar-refractivity contribution in [2.75, 3.05) is 13.2 Å². The van der Waals surface area contributed by atoms with E-state index in [4.69, 9.17) is 4.74 Å². The Kier molecular flexibility index (Phi) is 5.77. The Balaban J connectivity index is 1.86. The lowest BCUT2D eigenvalue weighted by Gasteiger charge is -2.21. The topological polar surface area (TPSA) is 50.4 Å². The van der Waals surface area contributed by atoms with E-state index in [0.717, 1.165) is 12.0 Å². The fourth-order valence-corrected chi connectivity index (χ4v) is 2.51. The number of nitrogens with one attached hydrogen (secondary N) is 2. The van der Waals surface area contributed by atoms with Gasteiger partial charge < -0.3 is 15.4 Å². The van der Waals surface area contributed by atoms with Gasteiger partial charge in [-0.2, -0.15) is 0 Å². The van der Waals surface area contributed by atoms with Crippen molar-refractivity contribution in [1.29, 1.82) is 0 Å². The van der Waals surface area contributed by atoms with Gasteiger partial charge >= 0.3 is 6.03 Å². The first-order chi connectivity index (χ1) is 10.5. The van der Waals surface area contributed by atoms with Gasteiger partial charge in [-0.1, -0.05) is 26.0 Å². The summed E-state index contributed by atoms with van der Waals surface area (Å²) in [6.07, 6.45) is 0.811. The lowest BCUT2D eigenvalue weighted by atomic mass is 9.95. The Morgan fingerprint density at radius 3 is 2.64 bits per heavy atom. The summed E-state index contributed by atoms with van der Waals surface area (Å²) in [7, 11) is 0. The SMILES string of the molecule is CC(C)[C@@H](C)NC(=O)NC[C@@H]1CCO[C@H]1c1ccc(F)cc1. The summed E-state index contributed by atoms with van der Waals surface area (Å²) < 4.78 is 18.8. The standard InChI is InChI=1S/C17H25FN2O2/c1-11(2)12(3)20-17(21)19-10-14-8-9-22-16(14)13-4-6-15(18)7-5-13/h4-7,11-12,14,16H,8-10H2,1-3H3,(H2,19,20,21)/t12-,14+,16+/m1/s1. The quantitative estimate of drug-likeness (QED) is 0.877. The van der Waals surface area contributed by atoms with E-state index in [-0.39, 0.29) is 29.9 Å². The minimum Gasteiger partial charge on any atom is -0.373 e. The number of benzene rings is 1. The first-order valence-electron chi connectivity index (χ1n) is 7.88. The fourth-order valence-electron chi connectivity index (χ4n) is 2.51. The van der Waals surface area contributed by atoms with Gasteiger partial charge in [-0.05, 0) is 37.0 Å². The first kappa shape index (κ1) is 16.7. The number of carbonyl (C=O) groups is 1. The van der Waals surface area contributed by atoms with Crippen LogP contribution in [0.15, 0.2) is 24.3 Å². The largest absolute Gasteiger partial charge is 0.373 e. The van der Waals surface area contributed by atoms with Gasteiger partial charge in [-0.25, -0.2) is 9.18 Å². The number of hydrogen-bond acceptors (Lipinski definition) is 2. The third-order valence-electron chi connectivity index (χ3n) is 4.30. The number of halogens is 1. The normalized spacial score (nSPS) is 22.6. The summed E-state index contributed by atoms with van der Waals surface area (Å²) >= 11 is 0. The highest BCUT2D eigenvalue weighted by Gasteiger charge is 2.30. The number of rotatable bonds is 5. The van der Waals surface area contributed by atoms with Gasteiger partial charge in [0.1, 0.15) is 5.82 Å². The molecule has 122 valence electrons. The first-order valence-corrected chi connectivity index (χ1v) is 7.88. The molecule has 22 heavy (non-hydrogen) atoms. The monoisotopic (exact) mass is 308 g/mol. The van der Waals surface area contributed by atoms with Gasteiger partial charge in [0.2, 0.25) is 0 Å². The molecule has 5 heteroatoms. The van der Waals surface area contributed by atoms with Gasteiger partial charge in [-0.3, -0.25) is 0 Å². The van der Waals surface area contributed by atoms with Gasteiger partial charge in [0.25, 0.3) is 0 Å². The van der Waals surface area contributed by atoms with Crippen LogP contribution in [0.25, 0.3) is 0 Å². The van der Waals surface area contributed by atoms with Crippen LogP contribution < -0.4 is 10.6 Å². The molecule has 1 aliphatic heterocycles. The molecule has 0 radical (unpaired) electrons. The maximum atomic E-state index is 13.0. The molecule has 2 amide bonds. The van der Waals surface area contributed by atoms with Crippen LogP contribution >= 0.6 is 0 Å². The van der Waals surface area contributed by atoms with Crippen molar-refractivity contribution in [2.24, 2.45) is 11.8 Å². The molecule has 1 aromatic carbocycles. The highest BCUT2D eigenvalue weighted by atomic mass is 19.1. The van der Waals surface area contributed by atoms with Crippen molar-refractivity contribution in [2.45, 2.75) is 39.3 Å². The molecule has 1 aromatic rings. The Morgan fingerprint density at radius 2 is 2.00 bits per heavy atom. The van der Waals surface area contributed by atoms with E-state index in [1.165, 1.54) is 12.1 Å². The minimum atomic E-state index is -0.251. The molecule has 0 spiro atoms. The summed E-state index contributed by atoms with van der Waals surface area (Å²) in [6, 6.07) is 6.37. The third-order valence-corrected chi connectivity index (χ3v) is 4.30. The number of ether oxygens (including phenoxy) is 1. The smallest absolute Gasteiger partial charge is 0.315 e. The molecule has 1 heterocycles. The number of amides is 2. The van der Waals surface area contributed by atoms with Crippen molar-refractivity contribution >= 4 is 6.03 Å². The molecule has 2 N–H and O–H groups in total. The third kappa shape index (κ3) is 4.44. The summed E-state index contributed by atoms with van der Waals surface area (Å²) in [5, 5.41) is 5.84. The predicted molar refractivity (Wildman–Crippen MR) is 84.0 cm³/mol. The van der Waals surface area contributed by atoms with E-state index < -0.39 is 0 Å². The van der Waals surface area contributed by atoms with Crippen LogP contribution in [-0.4, -0.2) is 25.2 Å². The van der Waals surface area contributed by atoms with Crippen LogP contribution in [0.4, 0.5) is 9.18 Å². The Labute approximate surface area is 131 Å². The molecule has 0 bridgehead atoms. The highest BCUT2D eigenvalue weighted by molar-refractivity contribution is 5.74. The van der Waals surface area contributed by atoms with Gasteiger partial charge in [0.05, 0.1) is 6.10 Å². The maximum absolute atomic E-state index is 13.0. The molecule has 0 aromatic heterocycles. The average molecular weight is 308 g/mol. The lowest BCUT2D eigenvalue weighted by molar-refractivity contribution is 0.0909. The summed E-state index contributed by atoms with van der Waals surface area (Å²) in [5.41, 5.74) is 0.960. The van der Waals surface area contributed by atoms with E-state index >= 15 is 0 Å². The van der Waals surface area contributed by atoms with E-state index in [2.05, 4.69) is 24.5 Å². The van der Waals surface area contributed by atoms with Gasteiger partial charge in [0, 0.05) is 25.1 Å². The summed E-state index contributed by atoms with van der Waals surface area (Å²) in [6.45, 7) is 7.35. The zero-order valence-corrected chi connectivity index (χ0v) is 13.4. The average Bonchev–Trinajstić information content (AvgIpc) is 2.94. The molecule has 2 rings (SSSR count). The van der Waals surface area contributed by atoms with E-state index in [1.54, 1.807) is 12.1 Å². The summed E-state index contributed by atoms with van der Waals surface area (Å²) in [5.74, 6) is 0.358. The Bertz CT molecular complexity index is 490. The molecule has 1 saturated heterocycles. The fraction of sp³-hybridized carbons (Fsp3) is 0.588. The van der Waals surface area contributed by atoms with E-state index in [1.807, 2.05) is 6.92 Å². The van der Waals surface area contributed by atoms with Crippen LogP contribution in [-0.2, 0) is 4.74 Å². The molecule has 1 aliphatic rings. The lowest BCUT2D eigenvalue weighted by Crippen LogP contribution is -2.44. The minimum absolute atomic E-state index is 0.0802. The second kappa shape index (κ2) is 7.58. The van der Waals surface area contributed by atoms with Crippen molar-refractivity contribution in [3.63, 3.8) is 0 Å². The molecule has 0 unspecified atom stereocenters. The maximum Gasteiger partial charge on any atom is 0.315 e. The molecule has 4 nitrogen and oxygen atoms in total. The van der Waals surface area contributed by atoms with E-state index in [9.17, 15) is 9.18 Å². The number of hydrogen-bond donors (Lipinski definition) is 2. The Morgan fingerprint density at radius 1 is 1.32 bits per heavy atom. The molecule has 3 atom stereocenters. The Hall–Kier alpha value is -1.62. The zero-order chi connectivity index (χ0) is 16.1. The van der Waals surface area contributed by atoms with Crippen molar-refractivity contribution in [3.05, 3.63) is 35.6 Å². The van der Waals surface area contributed by atoms with Gasteiger partial charge in [-0.15, -0.1) is 0 Å². The van der Waals surface area contributed by atoms with Crippen molar-refractivity contribution in [1.82, 2.24) is 10.6 Å². The molecule has 0 saturated carbocycles. The molecule has 1 fully saturated rings. The van der Waals surface area contributed by atoms with Crippen LogP contribution in [0.1, 0.15) is 38.9 Å². The summed E-state index contributed by atoms with van der Waals surface area (Å²) in [4.78, 5) is 11.9. The van der Waals surface area contributed by atoms with Gasteiger partial charge in [0.15, 0.2) is 0 Å². The predicted octanol–water partition coefficient (Wildman–Crippen LogP) is 3.25. The van der Waals surface area contributed by atoms with Crippen LogP contribution in [0, 0.1) is 17.7 Å². The molecule has 0 aliphatic carbocycles. The number of urea groups is 1. The second-order valence-corrected chi connectivity index (χ2v) is 6.28. The zero-order valence-electron chi connectivity index (χ0n) is 13.4. The highest BCUT2D eigenvalue weighted by Crippen LogP contribution is 2.34. The van der Waals surface area contributed by atoms with Crippen LogP contribution in [0.2, 0.25) is 0 Å². The molecular weight excluding hydrogens is 283 g/mol. The van der Waals surface area contributed by atoms with Crippen molar-refractivity contribution < 1.29 is 13.9 Å². The van der Waals surface area contributed by atoms with Crippen LogP contribution in [0.5, 0.6) is 0 Å². The van der Waals surface area contributed by atoms with E-state index in [0.29, 0.717) is 19.1 Å². The van der Waals surface area contributed by atoms with Crippen molar-refractivity contribution in [3.8, 4) is 0 Å².